The largest absolute Gasteiger partial charge is 0.399 e. The van der Waals surface area contributed by atoms with Crippen molar-refractivity contribution in [2.24, 2.45) is 5.41 Å². The van der Waals surface area contributed by atoms with Gasteiger partial charge in [-0.3, -0.25) is 10.1 Å². The molecule has 0 spiro atoms. The minimum absolute atomic E-state index is 0.0178. The third-order valence-corrected chi connectivity index (χ3v) is 2.03. The quantitative estimate of drug-likeness (QED) is 0.469. The predicted molar refractivity (Wildman–Crippen MR) is 65.5 cm³/mol. The van der Waals surface area contributed by atoms with Crippen LogP contribution in [0.15, 0.2) is 18.2 Å². The highest BCUT2D eigenvalue weighted by Crippen LogP contribution is 2.27. The van der Waals surface area contributed by atoms with Crippen LogP contribution in [0.25, 0.3) is 0 Å². The highest BCUT2D eigenvalue weighted by atomic mass is 16.6. The molecular weight excluding hydrogens is 206 g/mol. The summed E-state index contributed by atoms with van der Waals surface area (Å²) in [4.78, 5) is 10.4. The number of nitrogens with zero attached hydrogens (tertiary/aromatic N) is 1. The molecule has 0 radical (unpaired) electrons. The van der Waals surface area contributed by atoms with E-state index in [-0.39, 0.29) is 11.1 Å². The van der Waals surface area contributed by atoms with Crippen molar-refractivity contribution in [3.8, 4) is 0 Å². The van der Waals surface area contributed by atoms with Gasteiger partial charge in [-0.2, -0.15) is 0 Å². The summed E-state index contributed by atoms with van der Waals surface area (Å²) in [5.41, 5.74) is 6.50. The molecule has 0 aromatic heterocycles. The average molecular weight is 223 g/mol. The fourth-order valence-electron chi connectivity index (χ4n) is 1.21. The molecule has 0 heterocycles. The Morgan fingerprint density at radius 2 is 2.06 bits per heavy atom. The zero-order valence-corrected chi connectivity index (χ0v) is 9.78. The van der Waals surface area contributed by atoms with Gasteiger partial charge in [-0.25, -0.2) is 0 Å². The van der Waals surface area contributed by atoms with Crippen LogP contribution < -0.4 is 11.1 Å². The molecule has 88 valence electrons. The number of nitrogens with one attached hydrogen (secondary N) is 1. The van der Waals surface area contributed by atoms with Gasteiger partial charge in [0, 0.05) is 18.3 Å². The van der Waals surface area contributed by atoms with E-state index in [2.05, 4.69) is 26.1 Å². The molecule has 0 saturated heterocycles. The lowest BCUT2D eigenvalue weighted by atomic mass is 9.97. The summed E-state index contributed by atoms with van der Waals surface area (Å²) in [5, 5.41) is 13.9. The third-order valence-electron chi connectivity index (χ3n) is 2.03. The van der Waals surface area contributed by atoms with Crippen molar-refractivity contribution in [2.75, 3.05) is 17.6 Å². The van der Waals surface area contributed by atoms with Crippen LogP contribution in [0, 0.1) is 15.5 Å². The molecule has 0 unspecified atom stereocenters. The second-order valence-electron chi connectivity index (χ2n) is 4.95. The minimum atomic E-state index is -0.429. The number of anilines is 2. The van der Waals surface area contributed by atoms with Crippen molar-refractivity contribution in [1.82, 2.24) is 0 Å². The van der Waals surface area contributed by atoms with Crippen molar-refractivity contribution < 1.29 is 4.92 Å². The fourth-order valence-corrected chi connectivity index (χ4v) is 1.21. The molecule has 0 amide bonds. The van der Waals surface area contributed by atoms with E-state index in [1.54, 1.807) is 12.1 Å². The van der Waals surface area contributed by atoms with Gasteiger partial charge in [-0.05, 0) is 17.5 Å². The van der Waals surface area contributed by atoms with Crippen LogP contribution in [0.4, 0.5) is 17.1 Å². The Bertz CT molecular complexity index is 397. The van der Waals surface area contributed by atoms with Crippen LogP contribution in [-0.2, 0) is 0 Å². The highest BCUT2D eigenvalue weighted by molar-refractivity contribution is 5.66. The summed E-state index contributed by atoms with van der Waals surface area (Å²) in [6.07, 6.45) is 0. The third kappa shape index (κ3) is 3.42. The maximum Gasteiger partial charge on any atom is 0.294 e. The monoisotopic (exact) mass is 223 g/mol. The molecule has 1 rings (SSSR count). The first kappa shape index (κ1) is 12.3. The van der Waals surface area contributed by atoms with Crippen LogP contribution in [0.1, 0.15) is 20.8 Å². The van der Waals surface area contributed by atoms with Crippen LogP contribution >= 0.6 is 0 Å². The molecule has 0 fully saturated rings. The van der Waals surface area contributed by atoms with Crippen molar-refractivity contribution >= 4 is 17.1 Å². The number of nitro benzene ring substituents is 1. The number of hydrogen-bond acceptors (Lipinski definition) is 4. The highest BCUT2D eigenvalue weighted by Gasteiger charge is 2.16. The van der Waals surface area contributed by atoms with Gasteiger partial charge in [0.05, 0.1) is 4.92 Å². The van der Waals surface area contributed by atoms with Gasteiger partial charge < -0.3 is 11.1 Å². The van der Waals surface area contributed by atoms with Gasteiger partial charge in [0.1, 0.15) is 5.69 Å². The van der Waals surface area contributed by atoms with E-state index in [9.17, 15) is 10.1 Å². The molecule has 0 saturated carbocycles. The average Bonchev–Trinajstić information content (AvgIpc) is 2.14. The Morgan fingerprint density at radius 1 is 1.44 bits per heavy atom. The standard InChI is InChI=1S/C11H17N3O2/c1-11(2,3)7-13-9-5-4-8(12)6-10(9)14(15)16/h4-6,13H,7,12H2,1-3H3. The number of hydrogen-bond donors (Lipinski definition) is 2. The number of nitrogen functional groups attached to an aromatic ring is 1. The van der Waals surface area contributed by atoms with Crippen LogP contribution in [0.3, 0.4) is 0 Å². The topological polar surface area (TPSA) is 81.2 Å². The molecule has 0 aliphatic carbocycles. The summed E-state index contributed by atoms with van der Waals surface area (Å²) in [7, 11) is 0. The van der Waals surface area contributed by atoms with Gasteiger partial charge in [0.15, 0.2) is 0 Å². The van der Waals surface area contributed by atoms with E-state index in [1.165, 1.54) is 6.07 Å². The van der Waals surface area contributed by atoms with E-state index >= 15 is 0 Å². The molecule has 0 atom stereocenters. The number of benzene rings is 1. The summed E-state index contributed by atoms with van der Waals surface area (Å²) >= 11 is 0. The Balaban J connectivity index is 2.91. The Kier molecular flexibility index (Phi) is 3.37. The van der Waals surface area contributed by atoms with E-state index < -0.39 is 4.92 Å². The van der Waals surface area contributed by atoms with Crippen LogP contribution in [-0.4, -0.2) is 11.5 Å². The molecule has 0 bridgehead atoms. The summed E-state index contributed by atoms with van der Waals surface area (Å²) in [5.74, 6) is 0. The molecule has 16 heavy (non-hydrogen) atoms. The van der Waals surface area contributed by atoms with E-state index in [1.807, 2.05) is 0 Å². The van der Waals surface area contributed by atoms with Crippen molar-refractivity contribution in [3.63, 3.8) is 0 Å². The first-order chi connectivity index (χ1) is 7.29. The number of nitrogens with two attached hydrogens (primary N) is 1. The maximum absolute atomic E-state index is 10.8. The Labute approximate surface area is 94.8 Å². The Hall–Kier alpha value is -1.78. The molecule has 3 N–H and O–H groups in total. The summed E-state index contributed by atoms with van der Waals surface area (Å²) in [6.45, 7) is 6.84. The van der Waals surface area contributed by atoms with E-state index in [0.29, 0.717) is 17.9 Å². The zero-order valence-electron chi connectivity index (χ0n) is 9.78. The number of rotatable bonds is 3. The fraction of sp³-hybridized carbons (Fsp3) is 0.455. The molecule has 1 aromatic rings. The molecular formula is C11H17N3O2. The van der Waals surface area contributed by atoms with E-state index in [4.69, 9.17) is 5.73 Å². The zero-order chi connectivity index (χ0) is 12.3. The lowest BCUT2D eigenvalue weighted by molar-refractivity contribution is -0.383. The number of nitro groups is 1. The lowest BCUT2D eigenvalue weighted by Gasteiger charge is -2.19. The van der Waals surface area contributed by atoms with Gasteiger partial charge >= 0.3 is 0 Å². The predicted octanol–water partition coefficient (Wildman–Crippen LogP) is 2.63. The molecule has 5 heteroatoms. The van der Waals surface area contributed by atoms with Crippen molar-refractivity contribution in [2.45, 2.75) is 20.8 Å². The maximum atomic E-state index is 10.8. The van der Waals surface area contributed by atoms with Gasteiger partial charge in [-0.1, -0.05) is 20.8 Å². The minimum Gasteiger partial charge on any atom is -0.399 e. The normalized spacial score (nSPS) is 11.2. The van der Waals surface area contributed by atoms with Gasteiger partial charge in [0.25, 0.3) is 5.69 Å². The van der Waals surface area contributed by atoms with Crippen molar-refractivity contribution in [3.05, 3.63) is 28.3 Å². The molecule has 1 aromatic carbocycles. The van der Waals surface area contributed by atoms with Crippen LogP contribution in [0.2, 0.25) is 0 Å². The first-order valence-electron chi connectivity index (χ1n) is 5.07. The second-order valence-corrected chi connectivity index (χ2v) is 4.95. The molecule has 0 aliphatic rings. The SMILES string of the molecule is CC(C)(C)CNc1ccc(N)cc1[N+](=O)[O-]. The van der Waals surface area contributed by atoms with Crippen molar-refractivity contribution in [1.29, 1.82) is 0 Å². The summed E-state index contributed by atoms with van der Waals surface area (Å²) in [6, 6.07) is 4.65. The van der Waals surface area contributed by atoms with Crippen LogP contribution in [0.5, 0.6) is 0 Å². The van der Waals surface area contributed by atoms with Gasteiger partial charge in [-0.15, -0.1) is 0 Å². The van der Waals surface area contributed by atoms with Gasteiger partial charge in [0.2, 0.25) is 0 Å². The van der Waals surface area contributed by atoms with E-state index in [0.717, 1.165) is 0 Å². The second kappa shape index (κ2) is 4.38. The smallest absolute Gasteiger partial charge is 0.294 e. The molecule has 0 aliphatic heterocycles. The summed E-state index contributed by atoms with van der Waals surface area (Å²) < 4.78 is 0. The lowest BCUT2D eigenvalue weighted by Crippen LogP contribution is -2.19. The molecule has 5 nitrogen and oxygen atoms in total. The Morgan fingerprint density at radius 3 is 2.56 bits per heavy atom. The first-order valence-corrected chi connectivity index (χ1v) is 5.07.